The number of rotatable bonds is 1. The van der Waals surface area contributed by atoms with Crippen molar-refractivity contribution in [2.45, 2.75) is 13.8 Å². The second kappa shape index (κ2) is 5.40. The lowest BCUT2D eigenvalue weighted by molar-refractivity contribution is -0.663. The van der Waals surface area contributed by atoms with Crippen molar-refractivity contribution in [2.75, 3.05) is 0 Å². The summed E-state index contributed by atoms with van der Waals surface area (Å²) in [5.41, 5.74) is 6.38. The minimum absolute atomic E-state index is 0.939. The highest BCUT2D eigenvalue weighted by molar-refractivity contribution is 6.19. The van der Waals surface area contributed by atoms with E-state index < -0.39 is 0 Å². The third-order valence-electron chi connectivity index (χ3n) is 5.21. The lowest BCUT2D eigenvalue weighted by Gasteiger charge is -2.07. The third-order valence-corrected chi connectivity index (χ3v) is 5.21. The van der Waals surface area contributed by atoms with Crippen molar-refractivity contribution in [3.05, 3.63) is 72.2 Å². The normalized spacial score (nSPS) is 11.7. The van der Waals surface area contributed by atoms with Crippen molar-refractivity contribution in [1.82, 2.24) is 4.98 Å². The molecule has 26 heavy (non-hydrogen) atoms. The monoisotopic (exact) mass is 339 g/mol. The Kier molecular flexibility index (Phi) is 3.13. The molecular formula is C23H19N2O+. The van der Waals surface area contributed by atoms with Crippen LogP contribution in [0.2, 0.25) is 0 Å². The lowest BCUT2D eigenvalue weighted by Crippen LogP contribution is -2.31. The summed E-state index contributed by atoms with van der Waals surface area (Å²) in [4.78, 5) is 4.37. The van der Waals surface area contributed by atoms with Crippen molar-refractivity contribution in [3.8, 4) is 11.3 Å². The number of hydrogen-bond donors (Lipinski definition) is 0. The molecule has 126 valence electrons. The number of aryl methyl sites for hydroxylation is 3. The Hall–Kier alpha value is -3.20. The van der Waals surface area contributed by atoms with Gasteiger partial charge in [-0.1, -0.05) is 35.3 Å². The van der Waals surface area contributed by atoms with Gasteiger partial charge in [0, 0.05) is 34.9 Å². The predicted octanol–water partition coefficient (Wildman–Crippen LogP) is 5.24. The fourth-order valence-corrected chi connectivity index (χ4v) is 3.87. The first-order chi connectivity index (χ1) is 12.6. The summed E-state index contributed by atoms with van der Waals surface area (Å²) in [6.45, 7) is 4.16. The Labute approximate surface area is 151 Å². The van der Waals surface area contributed by atoms with Crippen LogP contribution in [0, 0.1) is 13.8 Å². The van der Waals surface area contributed by atoms with Gasteiger partial charge in [0.1, 0.15) is 16.9 Å². The van der Waals surface area contributed by atoms with E-state index in [9.17, 15) is 0 Å². The molecule has 5 aromatic rings. The smallest absolute Gasteiger partial charge is 0.286 e. The molecule has 3 aromatic carbocycles. The maximum Gasteiger partial charge on any atom is 0.286 e. The second-order valence-corrected chi connectivity index (χ2v) is 6.90. The molecule has 3 nitrogen and oxygen atoms in total. The van der Waals surface area contributed by atoms with E-state index in [0.29, 0.717) is 0 Å². The summed E-state index contributed by atoms with van der Waals surface area (Å²) in [5.74, 6) is 0. The summed E-state index contributed by atoms with van der Waals surface area (Å²) in [6, 6.07) is 19.2. The minimum Gasteiger partial charge on any atom is -0.456 e. The van der Waals surface area contributed by atoms with Gasteiger partial charge in [-0.05, 0) is 35.9 Å². The maximum atomic E-state index is 6.30. The molecule has 0 N–H and O–H groups in total. The van der Waals surface area contributed by atoms with Gasteiger partial charge in [0.15, 0.2) is 5.69 Å². The molecule has 0 amide bonds. The average Bonchev–Trinajstić information content (AvgIpc) is 3.04. The highest BCUT2D eigenvalue weighted by atomic mass is 16.3. The molecule has 0 aliphatic rings. The number of nitrogens with zero attached hydrogens (tertiary/aromatic N) is 2. The van der Waals surface area contributed by atoms with Crippen LogP contribution in [-0.4, -0.2) is 4.98 Å². The van der Waals surface area contributed by atoms with Crippen molar-refractivity contribution >= 4 is 32.7 Å². The van der Waals surface area contributed by atoms with Gasteiger partial charge in [0.2, 0.25) is 0 Å². The molecule has 0 unspecified atom stereocenters. The summed E-state index contributed by atoms with van der Waals surface area (Å²) < 4.78 is 8.35. The topological polar surface area (TPSA) is 29.9 Å². The Morgan fingerprint density at radius 3 is 2.65 bits per heavy atom. The van der Waals surface area contributed by atoms with Gasteiger partial charge < -0.3 is 4.42 Å². The number of furan rings is 1. The number of benzene rings is 3. The van der Waals surface area contributed by atoms with Gasteiger partial charge in [-0.3, -0.25) is 0 Å². The molecule has 0 saturated carbocycles. The molecule has 0 saturated heterocycles. The average molecular weight is 339 g/mol. The van der Waals surface area contributed by atoms with E-state index in [1.54, 1.807) is 0 Å². The highest BCUT2D eigenvalue weighted by Gasteiger charge is 2.18. The van der Waals surface area contributed by atoms with E-state index in [1.165, 1.54) is 27.1 Å². The summed E-state index contributed by atoms with van der Waals surface area (Å²) >= 11 is 0. The summed E-state index contributed by atoms with van der Waals surface area (Å²) in [6.07, 6.45) is 1.86. The van der Waals surface area contributed by atoms with Gasteiger partial charge in [-0.2, -0.15) is 0 Å². The van der Waals surface area contributed by atoms with E-state index in [-0.39, 0.29) is 0 Å². The van der Waals surface area contributed by atoms with Gasteiger partial charge in [-0.25, -0.2) is 4.57 Å². The largest absolute Gasteiger partial charge is 0.456 e. The zero-order valence-corrected chi connectivity index (χ0v) is 15.1. The zero-order valence-electron chi connectivity index (χ0n) is 15.1. The van der Waals surface area contributed by atoms with Gasteiger partial charge in [-0.15, -0.1) is 0 Å². The van der Waals surface area contributed by atoms with Crippen molar-refractivity contribution in [2.24, 2.45) is 7.05 Å². The van der Waals surface area contributed by atoms with Crippen LogP contribution in [0.15, 0.2) is 65.3 Å². The number of fused-ring (bicyclic) bond motifs is 5. The fourth-order valence-electron chi connectivity index (χ4n) is 3.87. The van der Waals surface area contributed by atoms with Crippen LogP contribution in [-0.2, 0) is 7.05 Å². The quantitative estimate of drug-likeness (QED) is 0.391. The standard InChI is InChI=1S/C23H19N2O/c1-14-12-20(25(3)13-24-14)17-9-10-19-22-18-7-5-4-6-16(18)8-11-21(22)26-23(19)15(17)2/h4-13H,1-3H3/q+1. The van der Waals surface area contributed by atoms with Gasteiger partial charge >= 0.3 is 0 Å². The molecule has 0 aliphatic carbocycles. The molecule has 0 radical (unpaired) electrons. The first kappa shape index (κ1) is 15.1. The third kappa shape index (κ3) is 2.07. The SMILES string of the molecule is Cc1cc(-c2ccc3c(oc4ccc5ccccc5c43)c2C)[n+](C)cn1. The molecule has 2 heterocycles. The zero-order chi connectivity index (χ0) is 17.8. The van der Waals surface area contributed by atoms with E-state index >= 15 is 0 Å². The van der Waals surface area contributed by atoms with Gasteiger partial charge in [0.05, 0.1) is 7.05 Å². The first-order valence-corrected chi connectivity index (χ1v) is 8.80. The molecule has 3 heteroatoms. The van der Waals surface area contributed by atoms with Gasteiger partial charge in [0.25, 0.3) is 6.33 Å². The fraction of sp³-hybridized carbons (Fsp3) is 0.130. The van der Waals surface area contributed by atoms with Crippen LogP contribution in [0.3, 0.4) is 0 Å². The van der Waals surface area contributed by atoms with E-state index in [2.05, 4.69) is 71.1 Å². The minimum atomic E-state index is 0.939. The van der Waals surface area contributed by atoms with Crippen molar-refractivity contribution in [1.29, 1.82) is 0 Å². The Bertz CT molecular complexity index is 1310. The maximum absolute atomic E-state index is 6.30. The Morgan fingerprint density at radius 1 is 0.923 bits per heavy atom. The lowest BCUT2D eigenvalue weighted by atomic mass is 9.99. The van der Waals surface area contributed by atoms with Crippen LogP contribution >= 0.6 is 0 Å². The van der Waals surface area contributed by atoms with Crippen LogP contribution < -0.4 is 4.57 Å². The van der Waals surface area contributed by atoms with E-state index in [0.717, 1.165) is 28.1 Å². The number of hydrogen-bond acceptors (Lipinski definition) is 2. The molecular weight excluding hydrogens is 320 g/mol. The Balaban J connectivity index is 1.88. The first-order valence-electron chi connectivity index (χ1n) is 8.80. The van der Waals surface area contributed by atoms with Crippen LogP contribution in [0.25, 0.3) is 44.0 Å². The molecule has 0 bridgehead atoms. The number of aromatic nitrogens is 2. The summed E-state index contributed by atoms with van der Waals surface area (Å²) in [7, 11) is 2.03. The van der Waals surface area contributed by atoms with Crippen LogP contribution in [0.1, 0.15) is 11.3 Å². The molecule has 2 aromatic heterocycles. The Morgan fingerprint density at radius 2 is 1.77 bits per heavy atom. The van der Waals surface area contributed by atoms with Crippen LogP contribution in [0.5, 0.6) is 0 Å². The second-order valence-electron chi connectivity index (χ2n) is 6.90. The summed E-state index contributed by atoms with van der Waals surface area (Å²) in [5, 5.41) is 4.84. The van der Waals surface area contributed by atoms with Crippen molar-refractivity contribution in [3.63, 3.8) is 0 Å². The van der Waals surface area contributed by atoms with E-state index in [1.807, 2.05) is 20.3 Å². The molecule has 0 aliphatic heterocycles. The van der Waals surface area contributed by atoms with Crippen molar-refractivity contribution < 1.29 is 8.98 Å². The van der Waals surface area contributed by atoms with E-state index in [4.69, 9.17) is 4.42 Å². The molecule has 5 rings (SSSR count). The molecule has 0 fully saturated rings. The predicted molar refractivity (Wildman–Crippen MR) is 105 cm³/mol. The molecule has 0 spiro atoms. The highest BCUT2D eigenvalue weighted by Crippen LogP contribution is 2.38. The molecule has 0 atom stereocenters. The van der Waals surface area contributed by atoms with Crippen LogP contribution in [0.4, 0.5) is 0 Å².